The third-order valence-corrected chi connectivity index (χ3v) is 3.57. The summed E-state index contributed by atoms with van der Waals surface area (Å²) in [7, 11) is 0. The number of aromatic hydroxyl groups is 1. The Balaban J connectivity index is 2.09. The minimum Gasteiger partial charge on any atom is -0.505 e. The van der Waals surface area contributed by atoms with Crippen LogP contribution in [0, 0.1) is 11.7 Å². The summed E-state index contributed by atoms with van der Waals surface area (Å²) in [5.74, 6) is -2.19. The molecule has 0 amide bonds. The van der Waals surface area contributed by atoms with Gasteiger partial charge in [0.2, 0.25) is 6.79 Å². The monoisotopic (exact) mass is 268 g/mol. The predicted molar refractivity (Wildman–Crippen MR) is 61.9 cm³/mol. The number of hydrogen-bond donors (Lipinski definition) is 2. The number of carbonyl (C=O) groups is 1. The molecule has 3 rings (SSSR count). The van der Waals surface area contributed by atoms with E-state index in [1.165, 1.54) is 0 Å². The normalized spacial score (nSPS) is 18.4. The number of phenolic OH excluding ortho intramolecular Hbond substituents is 1. The van der Waals surface area contributed by atoms with Gasteiger partial charge in [0, 0.05) is 17.5 Å². The van der Waals surface area contributed by atoms with Crippen LogP contribution >= 0.6 is 0 Å². The summed E-state index contributed by atoms with van der Waals surface area (Å²) in [6.07, 6.45) is 1.55. The number of ether oxygens (including phenoxy) is 2. The van der Waals surface area contributed by atoms with Crippen LogP contribution in [0.1, 0.15) is 30.7 Å². The van der Waals surface area contributed by atoms with Gasteiger partial charge < -0.3 is 19.7 Å². The van der Waals surface area contributed by atoms with Crippen molar-refractivity contribution in [3.8, 4) is 17.2 Å². The highest BCUT2D eigenvalue weighted by atomic mass is 19.1. The Hall–Kier alpha value is -1.98. The van der Waals surface area contributed by atoms with Gasteiger partial charge >= 0.3 is 5.97 Å². The predicted octanol–water partition coefficient (Wildman–Crippen LogP) is 2.23. The van der Waals surface area contributed by atoms with E-state index in [0.717, 1.165) is 18.9 Å². The van der Waals surface area contributed by atoms with E-state index in [2.05, 4.69) is 0 Å². The molecule has 0 radical (unpaired) electrons. The second-order valence-electron chi connectivity index (χ2n) is 4.90. The molecule has 0 aromatic heterocycles. The van der Waals surface area contributed by atoms with Gasteiger partial charge in [-0.3, -0.25) is 4.79 Å². The van der Waals surface area contributed by atoms with Crippen LogP contribution in [-0.4, -0.2) is 23.0 Å². The maximum atomic E-state index is 14.2. The van der Waals surface area contributed by atoms with Crippen LogP contribution in [0.3, 0.4) is 0 Å². The number of fused-ring (bicyclic) bond motifs is 1. The molecule has 1 atom stereocenters. The summed E-state index contributed by atoms with van der Waals surface area (Å²) in [6, 6.07) is 1.16. The average Bonchev–Trinajstić information content (AvgIpc) is 3.09. The first-order valence-electron chi connectivity index (χ1n) is 6.10. The van der Waals surface area contributed by atoms with Crippen molar-refractivity contribution in [2.45, 2.75) is 25.2 Å². The molecule has 1 aromatic carbocycles. The van der Waals surface area contributed by atoms with Crippen molar-refractivity contribution in [2.75, 3.05) is 6.79 Å². The Labute approximate surface area is 108 Å². The summed E-state index contributed by atoms with van der Waals surface area (Å²) in [5.41, 5.74) is 0.136. The molecule has 102 valence electrons. The van der Waals surface area contributed by atoms with Crippen molar-refractivity contribution in [3.05, 3.63) is 17.4 Å². The van der Waals surface area contributed by atoms with Crippen LogP contribution in [-0.2, 0) is 4.79 Å². The SMILES string of the molecule is O=C(O)CC(c1c(F)c(O)cc2c1OCO2)C1CC1. The number of hydrogen-bond acceptors (Lipinski definition) is 4. The van der Waals surface area contributed by atoms with Gasteiger partial charge in [-0.1, -0.05) is 0 Å². The van der Waals surface area contributed by atoms with Crippen LogP contribution in [0.4, 0.5) is 4.39 Å². The van der Waals surface area contributed by atoms with E-state index < -0.39 is 23.5 Å². The van der Waals surface area contributed by atoms with Crippen molar-refractivity contribution in [3.63, 3.8) is 0 Å². The van der Waals surface area contributed by atoms with Crippen molar-refractivity contribution in [1.29, 1.82) is 0 Å². The van der Waals surface area contributed by atoms with Crippen LogP contribution < -0.4 is 9.47 Å². The molecule has 1 aliphatic heterocycles. The molecule has 1 heterocycles. The van der Waals surface area contributed by atoms with E-state index in [9.17, 15) is 14.3 Å². The van der Waals surface area contributed by atoms with E-state index >= 15 is 0 Å². The minimum absolute atomic E-state index is 0.0459. The standard InChI is InChI=1S/C13H13FO5/c14-12-8(15)4-9-13(19-5-18-9)11(12)7(3-10(16)17)6-1-2-6/h4,6-7,15H,1-3,5H2,(H,16,17). The molecule has 0 bridgehead atoms. The molecular weight excluding hydrogens is 255 g/mol. The van der Waals surface area contributed by atoms with E-state index in [1.807, 2.05) is 0 Å². The van der Waals surface area contributed by atoms with E-state index in [1.54, 1.807) is 0 Å². The van der Waals surface area contributed by atoms with Gasteiger partial charge in [-0.25, -0.2) is 4.39 Å². The van der Waals surface area contributed by atoms with Crippen molar-refractivity contribution in [2.24, 2.45) is 5.92 Å². The van der Waals surface area contributed by atoms with Crippen LogP contribution in [0.5, 0.6) is 17.2 Å². The fourth-order valence-corrected chi connectivity index (χ4v) is 2.55. The molecule has 2 aliphatic rings. The number of carboxylic acids is 1. The zero-order chi connectivity index (χ0) is 13.6. The lowest BCUT2D eigenvalue weighted by atomic mass is 9.89. The quantitative estimate of drug-likeness (QED) is 0.875. The maximum Gasteiger partial charge on any atom is 0.303 e. The Morgan fingerprint density at radius 2 is 2.21 bits per heavy atom. The third-order valence-electron chi connectivity index (χ3n) is 3.57. The van der Waals surface area contributed by atoms with Gasteiger partial charge in [0.25, 0.3) is 0 Å². The fraction of sp³-hybridized carbons (Fsp3) is 0.462. The second-order valence-corrected chi connectivity index (χ2v) is 4.90. The van der Waals surface area contributed by atoms with Crippen LogP contribution in [0.25, 0.3) is 0 Å². The van der Waals surface area contributed by atoms with Crippen LogP contribution in [0.2, 0.25) is 0 Å². The molecule has 1 aliphatic carbocycles. The molecule has 2 N–H and O–H groups in total. The first-order valence-corrected chi connectivity index (χ1v) is 6.10. The highest BCUT2D eigenvalue weighted by molar-refractivity contribution is 5.69. The molecule has 1 aromatic rings. The molecule has 0 spiro atoms. The number of carboxylic acid groups (broad SMARTS) is 1. The van der Waals surface area contributed by atoms with E-state index in [0.29, 0.717) is 0 Å². The molecule has 0 saturated heterocycles. The highest BCUT2D eigenvalue weighted by Crippen LogP contribution is 2.52. The van der Waals surface area contributed by atoms with Crippen molar-refractivity contribution in [1.82, 2.24) is 0 Å². The molecule has 1 fully saturated rings. The zero-order valence-corrected chi connectivity index (χ0v) is 10.1. The number of aliphatic carboxylic acids is 1. The van der Waals surface area contributed by atoms with Gasteiger partial charge in [0.15, 0.2) is 23.1 Å². The molecule has 5 nitrogen and oxygen atoms in total. The Morgan fingerprint density at radius 3 is 2.84 bits per heavy atom. The summed E-state index contributed by atoms with van der Waals surface area (Å²) in [5, 5.41) is 18.6. The van der Waals surface area contributed by atoms with Crippen molar-refractivity contribution >= 4 is 5.97 Å². The Morgan fingerprint density at radius 1 is 1.47 bits per heavy atom. The largest absolute Gasteiger partial charge is 0.505 e. The fourth-order valence-electron chi connectivity index (χ4n) is 2.55. The van der Waals surface area contributed by atoms with Gasteiger partial charge in [0.1, 0.15) is 0 Å². The first kappa shape index (κ1) is 12.1. The van der Waals surface area contributed by atoms with E-state index in [4.69, 9.17) is 14.6 Å². The Kier molecular flexibility index (Phi) is 2.73. The lowest BCUT2D eigenvalue weighted by Gasteiger charge is -2.18. The maximum absolute atomic E-state index is 14.2. The number of phenols is 1. The summed E-state index contributed by atoms with van der Waals surface area (Å²) in [4.78, 5) is 11.0. The summed E-state index contributed by atoms with van der Waals surface area (Å²) in [6.45, 7) is -0.0459. The molecule has 19 heavy (non-hydrogen) atoms. The lowest BCUT2D eigenvalue weighted by molar-refractivity contribution is -0.137. The van der Waals surface area contributed by atoms with Gasteiger partial charge in [0.05, 0.1) is 6.42 Å². The smallest absolute Gasteiger partial charge is 0.303 e. The summed E-state index contributed by atoms with van der Waals surface area (Å²) >= 11 is 0. The van der Waals surface area contributed by atoms with E-state index in [-0.39, 0.29) is 36.2 Å². The Bertz CT molecular complexity index is 538. The average molecular weight is 268 g/mol. The summed E-state index contributed by atoms with van der Waals surface area (Å²) < 4.78 is 24.5. The number of benzene rings is 1. The molecule has 6 heteroatoms. The molecular formula is C13H13FO5. The lowest BCUT2D eigenvalue weighted by Crippen LogP contribution is -2.11. The third kappa shape index (κ3) is 2.07. The zero-order valence-electron chi connectivity index (χ0n) is 10.1. The number of halogens is 1. The molecule has 1 unspecified atom stereocenters. The second kappa shape index (κ2) is 4.29. The topological polar surface area (TPSA) is 76.0 Å². The first-order chi connectivity index (χ1) is 9.08. The number of rotatable bonds is 4. The highest BCUT2D eigenvalue weighted by Gasteiger charge is 2.39. The van der Waals surface area contributed by atoms with Gasteiger partial charge in [-0.15, -0.1) is 0 Å². The minimum atomic E-state index is -0.993. The van der Waals surface area contributed by atoms with Crippen molar-refractivity contribution < 1.29 is 28.9 Å². The van der Waals surface area contributed by atoms with Gasteiger partial charge in [-0.05, 0) is 18.8 Å². The molecule has 1 saturated carbocycles. The van der Waals surface area contributed by atoms with Crippen LogP contribution in [0.15, 0.2) is 6.07 Å². The van der Waals surface area contributed by atoms with Gasteiger partial charge in [-0.2, -0.15) is 0 Å².